The lowest BCUT2D eigenvalue weighted by molar-refractivity contribution is 0.416. The molecule has 0 fully saturated rings. The first-order chi connectivity index (χ1) is 10.2. The Morgan fingerprint density at radius 2 is 2.05 bits per heavy atom. The number of aryl methyl sites for hydroxylation is 1. The molecule has 0 aliphatic carbocycles. The first-order valence-corrected chi connectivity index (χ1v) is 7.10. The Labute approximate surface area is 128 Å². The summed E-state index contributed by atoms with van der Waals surface area (Å²) in [6.07, 6.45) is 1.78. The predicted molar refractivity (Wildman–Crippen MR) is 86.3 cm³/mol. The van der Waals surface area contributed by atoms with Crippen LogP contribution in [0.15, 0.2) is 47.1 Å². The number of anilines is 1. The quantitative estimate of drug-likeness (QED) is 0.735. The summed E-state index contributed by atoms with van der Waals surface area (Å²) in [5, 5.41) is 5.20. The van der Waals surface area contributed by atoms with Crippen LogP contribution in [-0.4, -0.2) is 7.11 Å². The standard InChI is InChI=1S/C17H16ClNO2/c1-11-7-15(17(20-2)8-14(11)18)19-9-12-10-21-16-6-4-3-5-13(12)16/h3-8,10,19H,9H2,1-2H3. The summed E-state index contributed by atoms with van der Waals surface area (Å²) in [7, 11) is 1.64. The van der Waals surface area contributed by atoms with E-state index in [1.807, 2.05) is 37.3 Å². The zero-order chi connectivity index (χ0) is 14.8. The zero-order valence-corrected chi connectivity index (χ0v) is 12.7. The Kier molecular flexibility index (Phi) is 3.76. The highest BCUT2D eigenvalue weighted by Gasteiger charge is 2.09. The molecule has 3 aromatic rings. The number of methoxy groups -OCH3 is 1. The number of benzene rings is 2. The maximum atomic E-state index is 6.12. The fourth-order valence-electron chi connectivity index (χ4n) is 2.33. The lowest BCUT2D eigenvalue weighted by Crippen LogP contribution is -2.01. The van der Waals surface area contributed by atoms with Crippen LogP contribution >= 0.6 is 11.6 Å². The molecule has 4 heteroatoms. The Hall–Kier alpha value is -2.13. The Bertz CT molecular complexity index is 780. The minimum Gasteiger partial charge on any atom is -0.495 e. The fraction of sp³-hybridized carbons (Fsp3) is 0.176. The van der Waals surface area contributed by atoms with Crippen LogP contribution in [0.4, 0.5) is 5.69 Å². The molecule has 0 saturated carbocycles. The Morgan fingerprint density at radius 3 is 2.86 bits per heavy atom. The normalized spacial score (nSPS) is 10.8. The average molecular weight is 302 g/mol. The molecule has 0 aliphatic heterocycles. The second-order valence-corrected chi connectivity index (χ2v) is 5.32. The molecule has 0 atom stereocenters. The van der Waals surface area contributed by atoms with Crippen molar-refractivity contribution in [1.29, 1.82) is 0 Å². The largest absolute Gasteiger partial charge is 0.495 e. The second-order valence-electron chi connectivity index (χ2n) is 4.91. The fourth-order valence-corrected chi connectivity index (χ4v) is 2.48. The van der Waals surface area contributed by atoms with E-state index in [1.165, 1.54) is 0 Å². The zero-order valence-electron chi connectivity index (χ0n) is 11.9. The van der Waals surface area contributed by atoms with Gasteiger partial charge in [-0.3, -0.25) is 0 Å². The minimum atomic E-state index is 0.661. The van der Waals surface area contributed by atoms with Crippen LogP contribution in [-0.2, 0) is 6.54 Å². The lowest BCUT2D eigenvalue weighted by Gasteiger charge is -2.12. The molecule has 0 aliphatic rings. The van der Waals surface area contributed by atoms with Crippen molar-refractivity contribution in [3.63, 3.8) is 0 Å². The van der Waals surface area contributed by atoms with E-state index in [0.29, 0.717) is 11.6 Å². The monoisotopic (exact) mass is 301 g/mol. The van der Waals surface area contributed by atoms with Crippen molar-refractivity contribution in [3.05, 3.63) is 58.8 Å². The molecule has 0 radical (unpaired) electrons. The molecule has 2 aromatic carbocycles. The van der Waals surface area contributed by atoms with Crippen LogP contribution in [0.5, 0.6) is 5.75 Å². The SMILES string of the molecule is COc1cc(Cl)c(C)cc1NCc1coc2ccccc12. The number of nitrogens with one attached hydrogen (secondary N) is 1. The number of fused-ring (bicyclic) bond motifs is 1. The van der Waals surface area contributed by atoms with Crippen LogP contribution in [0.3, 0.4) is 0 Å². The maximum absolute atomic E-state index is 6.12. The van der Waals surface area contributed by atoms with Crippen molar-refractivity contribution < 1.29 is 9.15 Å². The highest BCUT2D eigenvalue weighted by molar-refractivity contribution is 6.31. The summed E-state index contributed by atoms with van der Waals surface area (Å²) in [5.74, 6) is 0.735. The summed E-state index contributed by atoms with van der Waals surface area (Å²) >= 11 is 6.12. The van der Waals surface area contributed by atoms with Crippen LogP contribution in [0.25, 0.3) is 11.0 Å². The molecule has 3 nitrogen and oxygen atoms in total. The highest BCUT2D eigenvalue weighted by Crippen LogP contribution is 2.31. The van der Waals surface area contributed by atoms with Gasteiger partial charge in [-0.1, -0.05) is 29.8 Å². The van der Waals surface area contributed by atoms with Crippen LogP contribution in [0.2, 0.25) is 5.02 Å². The highest BCUT2D eigenvalue weighted by atomic mass is 35.5. The van der Waals surface area contributed by atoms with Crippen LogP contribution < -0.4 is 10.1 Å². The molecule has 0 saturated heterocycles. The third-order valence-electron chi connectivity index (χ3n) is 3.51. The second kappa shape index (κ2) is 5.70. The molecular formula is C17H16ClNO2. The van der Waals surface area contributed by atoms with E-state index in [1.54, 1.807) is 13.4 Å². The third-order valence-corrected chi connectivity index (χ3v) is 3.92. The maximum Gasteiger partial charge on any atom is 0.143 e. The van der Waals surface area contributed by atoms with Gasteiger partial charge in [-0.25, -0.2) is 0 Å². The molecule has 1 heterocycles. The van der Waals surface area contributed by atoms with E-state index in [4.69, 9.17) is 20.8 Å². The first kappa shape index (κ1) is 13.8. The summed E-state index contributed by atoms with van der Waals surface area (Å²) in [6, 6.07) is 11.8. The number of halogens is 1. The first-order valence-electron chi connectivity index (χ1n) is 6.72. The predicted octanol–water partition coefficient (Wildman–Crippen LogP) is 5.02. The van der Waals surface area contributed by atoms with Crippen molar-refractivity contribution in [3.8, 4) is 5.75 Å². The molecule has 108 valence electrons. The van der Waals surface area contributed by atoms with E-state index >= 15 is 0 Å². The molecule has 0 bridgehead atoms. The molecule has 1 N–H and O–H groups in total. The summed E-state index contributed by atoms with van der Waals surface area (Å²) in [5.41, 5.74) is 3.94. The minimum absolute atomic E-state index is 0.661. The summed E-state index contributed by atoms with van der Waals surface area (Å²) in [4.78, 5) is 0. The van der Waals surface area contributed by atoms with E-state index in [0.717, 1.165) is 33.5 Å². The van der Waals surface area contributed by atoms with Crippen molar-refractivity contribution >= 4 is 28.3 Å². The van der Waals surface area contributed by atoms with Crippen molar-refractivity contribution in [1.82, 2.24) is 0 Å². The average Bonchev–Trinajstić information content (AvgIpc) is 2.91. The molecule has 0 amide bonds. The van der Waals surface area contributed by atoms with Gasteiger partial charge in [0.15, 0.2) is 0 Å². The third kappa shape index (κ3) is 2.69. The van der Waals surface area contributed by atoms with Gasteiger partial charge >= 0.3 is 0 Å². The van der Waals surface area contributed by atoms with E-state index in [9.17, 15) is 0 Å². The van der Waals surface area contributed by atoms with Gasteiger partial charge < -0.3 is 14.5 Å². The van der Waals surface area contributed by atoms with Gasteiger partial charge in [0.05, 0.1) is 19.1 Å². The van der Waals surface area contributed by atoms with Crippen molar-refractivity contribution in [2.45, 2.75) is 13.5 Å². The van der Waals surface area contributed by atoms with E-state index in [-0.39, 0.29) is 0 Å². The molecule has 0 unspecified atom stereocenters. The number of hydrogen-bond acceptors (Lipinski definition) is 3. The number of hydrogen-bond donors (Lipinski definition) is 1. The van der Waals surface area contributed by atoms with Gasteiger partial charge in [-0.05, 0) is 24.6 Å². The van der Waals surface area contributed by atoms with E-state index in [2.05, 4.69) is 11.4 Å². The number of furan rings is 1. The molecule has 0 spiro atoms. The molecule has 3 rings (SSSR count). The van der Waals surface area contributed by atoms with Gasteiger partial charge in [0, 0.05) is 28.6 Å². The van der Waals surface area contributed by atoms with Gasteiger partial charge in [-0.15, -0.1) is 0 Å². The molecule has 1 aromatic heterocycles. The Balaban J connectivity index is 1.86. The Morgan fingerprint density at radius 1 is 1.24 bits per heavy atom. The van der Waals surface area contributed by atoms with Gasteiger partial charge in [-0.2, -0.15) is 0 Å². The van der Waals surface area contributed by atoms with Gasteiger partial charge in [0.25, 0.3) is 0 Å². The van der Waals surface area contributed by atoms with Crippen molar-refractivity contribution in [2.24, 2.45) is 0 Å². The number of para-hydroxylation sites is 1. The summed E-state index contributed by atoms with van der Waals surface area (Å²) < 4.78 is 10.9. The van der Waals surface area contributed by atoms with Crippen LogP contribution in [0, 0.1) is 6.92 Å². The number of ether oxygens (including phenoxy) is 1. The topological polar surface area (TPSA) is 34.4 Å². The van der Waals surface area contributed by atoms with Gasteiger partial charge in [0.2, 0.25) is 0 Å². The number of rotatable bonds is 4. The van der Waals surface area contributed by atoms with Crippen molar-refractivity contribution in [2.75, 3.05) is 12.4 Å². The smallest absolute Gasteiger partial charge is 0.143 e. The van der Waals surface area contributed by atoms with Gasteiger partial charge in [0.1, 0.15) is 11.3 Å². The lowest BCUT2D eigenvalue weighted by atomic mass is 10.1. The molecular weight excluding hydrogens is 286 g/mol. The molecule has 21 heavy (non-hydrogen) atoms. The van der Waals surface area contributed by atoms with E-state index < -0.39 is 0 Å². The van der Waals surface area contributed by atoms with Crippen LogP contribution in [0.1, 0.15) is 11.1 Å². The summed E-state index contributed by atoms with van der Waals surface area (Å²) in [6.45, 7) is 2.63.